The van der Waals surface area contributed by atoms with Crippen molar-refractivity contribution in [2.45, 2.75) is 27.7 Å². The Morgan fingerprint density at radius 1 is 0.388 bits per heavy atom. The van der Waals surface area contributed by atoms with Crippen LogP contribution in [0.4, 0.5) is 0 Å². The third-order valence-electron chi connectivity index (χ3n) is 9.48. The summed E-state index contributed by atoms with van der Waals surface area (Å²) in [6.45, 7) is 8.75. The highest BCUT2D eigenvalue weighted by molar-refractivity contribution is 8.05. The summed E-state index contributed by atoms with van der Waals surface area (Å²) in [4.78, 5) is 1.32. The molecule has 0 radical (unpaired) electrons. The van der Waals surface area contributed by atoms with Gasteiger partial charge in [-0.25, -0.2) is 0 Å². The SMILES string of the molecule is Cc1ccc([P+](/C=C(\c2cccs2)[P+](c2ccccc2)(c2ccc(C)cc2)c2ccc(C)cc2)(c2ccccc2)c2ccc(C)cc2)cc1. The molecule has 240 valence electrons. The molecule has 0 amide bonds. The Bertz CT molecular complexity index is 2060. The molecule has 0 saturated carbocycles. The van der Waals surface area contributed by atoms with Crippen molar-refractivity contribution in [3.63, 3.8) is 0 Å². The van der Waals surface area contributed by atoms with Crippen LogP contribution in [-0.4, -0.2) is 0 Å². The lowest BCUT2D eigenvalue weighted by Crippen LogP contribution is -2.34. The first-order valence-corrected chi connectivity index (χ1v) is 21.4. The molecular formula is C46H42P2S+2. The van der Waals surface area contributed by atoms with Gasteiger partial charge < -0.3 is 0 Å². The first-order valence-electron chi connectivity index (χ1n) is 16.9. The van der Waals surface area contributed by atoms with Gasteiger partial charge in [0.25, 0.3) is 0 Å². The molecule has 6 aromatic carbocycles. The summed E-state index contributed by atoms with van der Waals surface area (Å²) in [5.74, 6) is 2.77. The van der Waals surface area contributed by atoms with Crippen molar-refractivity contribution in [2.75, 3.05) is 0 Å². The third kappa shape index (κ3) is 6.29. The van der Waals surface area contributed by atoms with E-state index in [1.165, 1.54) is 64.3 Å². The van der Waals surface area contributed by atoms with E-state index in [-0.39, 0.29) is 0 Å². The minimum Gasteiger partial charge on any atom is -0.140 e. The molecule has 0 aliphatic carbocycles. The van der Waals surface area contributed by atoms with E-state index in [1.807, 2.05) is 11.3 Å². The third-order valence-corrected chi connectivity index (χ3v) is 19.0. The number of hydrogen-bond acceptors (Lipinski definition) is 1. The lowest BCUT2D eigenvalue weighted by molar-refractivity contribution is 1.48. The van der Waals surface area contributed by atoms with Gasteiger partial charge in [0.15, 0.2) is 5.31 Å². The van der Waals surface area contributed by atoms with Crippen LogP contribution in [0, 0.1) is 27.7 Å². The van der Waals surface area contributed by atoms with Crippen LogP contribution in [0.2, 0.25) is 0 Å². The predicted octanol–water partition coefficient (Wildman–Crippen LogP) is 10.3. The zero-order chi connectivity index (χ0) is 33.8. The summed E-state index contributed by atoms with van der Waals surface area (Å²) in [5, 5.41) is 11.8. The smallest absolute Gasteiger partial charge is 0.140 e. The Labute approximate surface area is 297 Å². The lowest BCUT2D eigenvalue weighted by atomic mass is 10.2. The van der Waals surface area contributed by atoms with E-state index in [2.05, 4.69) is 209 Å². The largest absolute Gasteiger partial charge is 0.162 e. The maximum Gasteiger partial charge on any atom is 0.162 e. The van der Waals surface area contributed by atoms with E-state index >= 15 is 0 Å². The molecule has 0 bridgehead atoms. The fourth-order valence-corrected chi connectivity index (χ4v) is 17.1. The van der Waals surface area contributed by atoms with Crippen LogP contribution in [0.15, 0.2) is 181 Å². The van der Waals surface area contributed by atoms with E-state index < -0.39 is 14.5 Å². The Morgan fingerprint density at radius 2 is 0.735 bits per heavy atom. The number of hydrogen-bond donors (Lipinski definition) is 0. The van der Waals surface area contributed by atoms with Gasteiger partial charge in [-0.3, -0.25) is 0 Å². The van der Waals surface area contributed by atoms with Gasteiger partial charge in [-0.05, 0) is 112 Å². The second-order valence-electron chi connectivity index (χ2n) is 12.9. The zero-order valence-electron chi connectivity index (χ0n) is 28.6. The van der Waals surface area contributed by atoms with Gasteiger partial charge >= 0.3 is 0 Å². The van der Waals surface area contributed by atoms with Gasteiger partial charge in [-0.1, -0.05) is 113 Å². The molecule has 0 fully saturated rings. The summed E-state index contributed by atoms with van der Waals surface area (Å²) < 4.78 is 0. The highest BCUT2D eigenvalue weighted by atomic mass is 32.1. The molecule has 7 aromatic rings. The van der Waals surface area contributed by atoms with Gasteiger partial charge in [0, 0.05) is 0 Å². The monoisotopic (exact) mass is 688 g/mol. The standard InChI is InChI=1S/C46H42P2S/c1-35-17-25-40(26-18-35)47(39-12-7-5-8-13-39,41-27-19-36(2)20-28-41)34-45(46-16-11-33-49-46)48(42-14-9-6-10-15-42,43-29-21-37(3)22-30-43)44-31-23-38(4)24-32-44/h5-34H,1-4H3/q+2/b45-34+. The average Bonchev–Trinajstić information content (AvgIpc) is 3.68. The Kier molecular flexibility index (Phi) is 9.62. The summed E-state index contributed by atoms with van der Waals surface area (Å²) in [6, 6.07) is 64.7. The molecule has 0 unspecified atom stereocenters. The second-order valence-corrected chi connectivity index (χ2v) is 20.5. The highest BCUT2D eigenvalue weighted by Gasteiger charge is 2.55. The van der Waals surface area contributed by atoms with Crippen molar-refractivity contribution in [3.05, 3.63) is 208 Å². The van der Waals surface area contributed by atoms with Crippen LogP contribution in [0.1, 0.15) is 27.1 Å². The highest BCUT2D eigenvalue weighted by Crippen LogP contribution is 2.71. The topological polar surface area (TPSA) is 0 Å². The van der Waals surface area contributed by atoms with Gasteiger partial charge in [-0.15, -0.1) is 11.3 Å². The first kappa shape index (κ1) is 33.1. The Morgan fingerprint density at radius 3 is 1.12 bits per heavy atom. The fourth-order valence-electron chi connectivity index (χ4n) is 6.87. The van der Waals surface area contributed by atoms with Gasteiger partial charge in [0.05, 0.1) is 4.88 Å². The molecule has 0 saturated heterocycles. The number of rotatable bonds is 9. The van der Waals surface area contributed by atoms with Gasteiger partial charge in [-0.2, -0.15) is 0 Å². The van der Waals surface area contributed by atoms with Crippen LogP contribution < -0.4 is 31.8 Å². The van der Waals surface area contributed by atoms with Crippen LogP contribution in [0.25, 0.3) is 5.31 Å². The number of benzene rings is 6. The Hall–Kier alpha value is -4.38. The molecule has 0 spiro atoms. The van der Waals surface area contributed by atoms with Crippen molar-refractivity contribution in [1.82, 2.24) is 0 Å². The summed E-state index contributed by atoms with van der Waals surface area (Å²) >= 11 is 1.86. The van der Waals surface area contributed by atoms with Gasteiger partial charge in [0.2, 0.25) is 0 Å². The van der Waals surface area contributed by atoms with Gasteiger partial charge in [0.1, 0.15) is 52.2 Å². The number of aryl methyl sites for hydroxylation is 4. The second kappa shape index (κ2) is 14.2. The summed E-state index contributed by atoms with van der Waals surface area (Å²) in [6.07, 6.45) is 0. The number of thiophene rings is 1. The van der Waals surface area contributed by atoms with Crippen LogP contribution in [-0.2, 0) is 0 Å². The van der Waals surface area contributed by atoms with E-state index in [9.17, 15) is 0 Å². The molecule has 49 heavy (non-hydrogen) atoms. The molecule has 0 atom stereocenters. The zero-order valence-corrected chi connectivity index (χ0v) is 31.2. The molecule has 1 aromatic heterocycles. The predicted molar refractivity (Wildman–Crippen MR) is 222 cm³/mol. The van der Waals surface area contributed by atoms with E-state index in [0.29, 0.717) is 0 Å². The molecule has 7 rings (SSSR count). The van der Waals surface area contributed by atoms with Crippen molar-refractivity contribution < 1.29 is 0 Å². The lowest BCUT2D eigenvalue weighted by Gasteiger charge is -2.31. The van der Waals surface area contributed by atoms with Crippen molar-refractivity contribution in [2.24, 2.45) is 0 Å². The van der Waals surface area contributed by atoms with E-state index in [1.54, 1.807) is 0 Å². The molecule has 0 N–H and O–H groups in total. The maximum atomic E-state index is 2.77. The first-order chi connectivity index (χ1) is 23.9. The quantitative estimate of drug-likeness (QED) is 0.133. The van der Waals surface area contributed by atoms with Crippen LogP contribution in [0.5, 0.6) is 0 Å². The molecule has 0 nitrogen and oxygen atoms in total. The summed E-state index contributed by atoms with van der Waals surface area (Å²) in [5.41, 5.74) is 5.08. The van der Waals surface area contributed by atoms with E-state index in [4.69, 9.17) is 0 Å². The van der Waals surface area contributed by atoms with Crippen LogP contribution in [0.3, 0.4) is 0 Å². The maximum absolute atomic E-state index is 2.77. The van der Waals surface area contributed by atoms with E-state index in [0.717, 1.165) is 0 Å². The normalized spacial score (nSPS) is 12.2. The van der Waals surface area contributed by atoms with Crippen molar-refractivity contribution in [3.8, 4) is 0 Å². The van der Waals surface area contributed by atoms with Crippen molar-refractivity contribution >= 4 is 63.0 Å². The minimum absolute atomic E-state index is 1.27. The molecule has 0 aliphatic rings. The fraction of sp³-hybridized carbons (Fsp3) is 0.0870. The molecule has 3 heteroatoms. The molecular weight excluding hydrogens is 647 g/mol. The summed E-state index contributed by atoms with van der Waals surface area (Å²) in [7, 11) is -4.86. The Balaban J connectivity index is 1.72. The van der Waals surface area contributed by atoms with Crippen LogP contribution >= 0.6 is 25.9 Å². The molecule has 1 heterocycles. The molecule has 0 aliphatic heterocycles. The minimum atomic E-state index is -2.47. The average molecular weight is 689 g/mol. The van der Waals surface area contributed by atoms with Crippen molar-refractivity contribution in [1.29, 1.82) is 0 Å².